The summed E-state index contributed by atoms with van der Waals surface area (Å²) >= 11 is 0. The Morgan fingerprint density at radius 2 is 1.68 bits per heavy atom. The molecule has 0 saturated carbocycles. The Labute approximate surface area is 240 Å². The molecule has 2 heterocycles. The average molecular weight is 561 g/mol. The number of unbranched alkanes of at least 4 members (excludes halogenated alkanes) is 2. The summed E-state index contributed by atoms with van der Waals surface area (Å²) in [6.45, 7) is 7.73. The molecule has 0 N–H and O–H groups in total. The molecule has 8 heteroatoms. The third-order valence-corrected chi connectivity index (χ3v) is 7.73. The largest absolute Gasteiger partial charge is 0.496 e. The van der Waals surface area contributed by atoms with Crippen LogP contribution in [-0.4, -0.2) is 49.9 Å². The Balaban J connectivity index is 1.08. The maximum absolute atomic E-state index is 14.4. The summed E-state index contributed by atoms with van der Waals surface area (Å²) < 4.78 is 37.6. The first kappa shape index (κ1) is 28.5. The van der Waals surface area contributed by atoms with E-state index in [0.717, 1.165) is 61.1 Å². The topological polar surface area (TPSA) is 69.6 Å². The number of aliphatic imine (C=N–C) groups is 1. The number of rotatable bonds is 11. The number of carbonyl (C=O) groups excluding carboxylic acids is 1. The number of aryl methyl sites for hydroxylation is 2. The molecule has 216 valence electrons. The minimum atomic E-state index is -0.463. The predicted molar refractivity (Wildman–Crippen MR) is 157 cm³/mol. The summed E-state index contributed by atoms with van der Waals surface area (Å²) in [6, 6.07) is 12.0. The van der Waals surface area contributed by atoms with E-state index in [9.17, 15) is 9.18 Å². The van der Waals surface area contributed by atoms with E-state index in [1.807, 2.05) is 50.1 Å². The van der Waals surface area contributed by atoms with Gasteiger partial charge in [-0.1, -0.05) is 0 Å². The average Bonchev–Trinajstić information content (AvgIpc) is 3.39. The second-order valence-electron chi connectivity index (χ2n) is 10.6. The molecule has 7 nitrogen and oxygen atoms in total. The minimum Gasteiger partial charge on any atom is -0.496 e. The molecule has 1 amide bonds. The molecule has 0 radical (unpaired) electrons. The summed E-state index contributed by atoms with van der Waals surface area (Å²) in [7, 11) is 1.60. The number of nitrogens with zero attached hydrogens (tertiary/aromatic N) is 2. The smallest absolute Gasteiger partial charge is 0.256 e. The van der Waals surface area contributed by atoms with Crippen LogP contribution in [-0.2, 0) is 0 Å². The van der Waals surface area contributed by atoms with Gasteiger partial charge in [0.1, 0.15) is 23.0 Å². The van der Waals surface area contributed by atoms with Gasteiger partial charge in [0.15, 0.2) is 11.6 Å². The fourth-order valence-corrected chi connectivity index (χ4v) is 5.23. The lowest BCUT2D eigenvalue weighted by Crippen LogP contribution is -2.35. The van der Waals surface area contributed by atoms with Crippen LogP contribution in [0.15, 0.2) is 47.5 Å². The van der Waals surface area contributed by atoms with Crippen molar-refractivity contribution in [3.05, 3.63) is 70.5 Å². The number of benzene rings is 3. The molecule has 3 aromatic rings. The van der Waals surface area contributed by atoms with Gasteiger partial charge >= 0.3 is 0 Å². The summed E-state index contributed by atoms with van der Waals surface area (Å²) in [5.74, 6) is 2.19. The SMILES string of the molecule is COc1cc(Oc2cc(OCCCCCOc3cc4c(cc3C)C(=O)N3CCC[C@H]3C=N4)ccc2F)cc(C)c1C. The lowest BCUT2D eigenvalue weighted by atomic mass is 10.1. The Hall–Kier alpha value is -4.07. The number of carbonyl (C=O) groups is 1. The molecule has 3 aromatic carbocycles. The van der Waals surface area contributed by atoms with Crippen LogP contribution < -0.4 is 18.9 Å². The molecule has 2 aliphatic heterocycles. The Morgan fingerprint density at radius 1 is 0.902 bits per heavy atom. The molecule has 1 fully saturated rings. The van der Waals surface area contributed by atoms with Gasteiger partial charge in [-0.3, -0.25) is 9.79 Å². The van der Waals surface area contributed by atoms with Gasteiger partial charge in [-0.05, 0) is 93.8 Å². The van der Waals surface area contributed by atoms with Crippen molar-refractivity contribution >= 4 is 17.8 Å². The number of hydrogen-bond donors (Lipinski definition) is 0. The van der Waals surface area contributed by atoms with Crippen molar-refractivity contribution in [3.63, 3.8) is 0 Å². The van der Waals surface area contributed by atoms with Gasteiger partial charge < -0.3 is 23.8 Å². The highest BCUT2D eigenvalue weighted by Gasteiger charge is 2.32. The van der Waals surface area contributed by atoms with Crippen LogP contribution in [0.4, 0.5) is 10.1 Å². The maximum Gasteiger partial charge on any atom is 0.256 e. The molecule has 5 rings (SSSR count). The normalized spacial score (nSPS) is 15.8. The van der Waals surface area contributed by atoms with Gasteiger partial charge in [0.2, 0.25) is 0 Å². The number of hydrogen-bond acceptors (Lipinski definition) is 6. The van der Waals surface area contributed by atoms with E-state index in [4.69, 9.17) is 18.9 Å². The van der Waals surface area contributed by atoms with Crippen molar-refractivity contribution in [2.75, 3.05) is 26.9 Å². The fourth-order valence-electron chi connectivity index (χ4n) is 5.23. The summed E-state index contributed by atoms with van der Waals surface area (Å²) in [4.78, 5) is 19.5. The Kier molecular flexibility index (Phi) is 8.76. The highest BCUT2D eigenvalue weighted by atomic mass is 19.1. The number of ether oxygens (including phenoxy) is 4. The zero-order valence-electron chi connectivity index (χ0n) is 24.2. The van der Waals surface area contributed by atoms with Crippen LogP contribution in [0.2, 0.25) is 0 Å². The van der Waals surface area contributed by atoms with Crippen molar-refractivity contribution in [3.8, 4) is 28.7 Å². The van der Waals surface area contributed by atoms with Gasteiger partial charge in [0, 0.05) is 31.0 Å². The molecular weight excluding hydrogens is 523 g/mol. The van der Waals surface area contributed by atoms with Gasteiger partial charge in [0.05, 0.1) is 37.6 Å². The number of amides is 1. The zero-order chi connectivity index (χ0) is 28.9. The van der Waals surface area contributed by atoms with Crippen LogP contribution >= 0.6 is 0 Å². The monoisotopic (exact) mass is 560 g/mol. The van der Waals surface area contributed by atoms with E-state index in [1.165, 1.54) is 6.07 Å². The zero-order valence-corrected chi connectivity index (χ0v) is 24.2. The predicted octanol–water partition coefficient (Wildman–Crippen LogP) is 7.50. The molecule has 1 saturated heterocycles. The third-order valence-electron chi connectivity index (χ3n) is 7.73. The first-order valence-electron chi connectivity index (χ1n) is 14.2. The lowest BCUT2D eigenvalue weighted by molar-refractivity contribution is 0.0774. The molecule has 1 atom stereocenters. The van der Waals surface area contributed by atoms with E-state index in [-0.39, 0.29) is 17.7 Å². The first-order chi connectivity index (χ1) is 19.8. The van der Waals surface area contributed by atoms with Crippen molar-refractivity contribution < 1.29 is 28.1 Å². The molecular formula is C33H37FN2O5. The third kappa shape index (κ3) is 6.47. The van der Waals surface area contributed by atoms with Crippen LogP contribution in [0.3, 0.4) is 0 Å². The standard InChI is InChI=1S/C33H37FN2O5/c1-21-15-26(18-31(38-4)23(21)3)41-32-17-25(10-11-28(32)34)39-13-6-5-7-14-40-30-19-29-27(16-22(30)2)33(37)36-12-8-9-24(36)20-35-29/h10-11,15-20,24H,5-9,12-14H2,1-4H3/t24-/m0/s1. The molecule has 0 unspecified atom stereocenters. The second kappa shape index (κ2) is 12.6. The number of fused-ring (bicyclic) bond motifs is 2. The van der Waals surface area contributed by atoms with Gasteiger partial charge in [-0.15, -0.1) is 0 Å². The van der Waals surface area contributed by atoms with Crippen molar-refractivity contribution in [1.29, 1.82) is 0 Å². The van der Waals surface area contributed by atoms with Crippen LogP contribution in [0.1, 0.15) is 59.2 Å². The molecule has 0 spiro atoms. The summed E-state index contributed by atoms with van der Waals surface area (Å²) in [5, 5.41) is 0. The highest BCUT2D eigenvalue weighted by molar-refractivity contribution is 6.03. The van der Waals surface area contributed by atoms with Crippen molar-refractivity contribution in [2.45, 2.75) is 58.9 Å². The molecule has 2 aliphatic rings. The van der Waals surface area contributed by atoms with Crippen LogP contribution in [0.5, 0.6) is 28.7 Å². The Bertz CT molecular complexity index is 1450. The molecule has 41 heavy (non-hydrogen) atoms. The maximum atomic E-state index is 14.4. The first-order valence-corrected chi connectivity index (χ1v) is 14.2. The fraction of sp³-hybridized carbons (Fsp3) is 0.394. The quantitative estimate of drug-likeness (QED) is 0.227. The number of methoxy groups -OCH3 is 1. The van der Waals surface area contributed by atoms with Crippen molar-refractivity contribution in [2.24, 2.45) is 4.99 Å². The summed E-state index contributed by atoms with van der Waals surface area (Å²) in [6.07, 6.45) is 6.46. The van der Waals surface area contributed by atoms with E-state index >= 15 is 0 Å². The second-order valence-corrected chi connectivity index (χ2v) is 10.6. The molecule has 0 aliphatic carbocycles. The van der Waals surface area contributed by atoms with Crippen LogP contribution in [0, 0.1) is 26.6 Å². The molecule has 0 bridgehead atoms. The van der Waals surface area contributed by atoms with Crippen LogP contribution in [0.25, 0.3) is 0 Å². The van der Waals surface area contributed by atoms with E-state index in [0.29, 0.717) is 41.7 Å². The summed E-state index contributed by atoms with van der Waals surface area (Å²) in [5.41, 5.74) is 4.27. The minimum absolute atomic E-state index is 0.0555. The van der Waals surface area contributed by atoms with Gasteiger partial charge in [-0.2, -0.15) is 0 Å². The lowest BCUT2D eigenvalue weighted by Gasteiger charge is -2.20. The van der Waals surface area contributed by atoms with Gasteiger partial charge in [0.25, 0.3) is 5.91 Å². The highest BCUT2D eigenvalue weighted by Crippen LogP contribution is 2.35. The van der Waals surface area contributed by atoms with E-state index in [2.05, 4.69) is 4.99 Å². The Morgan fingerprint density at radius 3 is 2.49 bits per heavy atom. The van der Waals surface area contributed by atoms with Gasteiger partial charge in [-0.25, -0.2) is 4.39 Å². The van der Waals surface area contributed by atoms with Crippen molar-refractivity contribution in [1.82, 2.24) is 4.90 Å². The van der Waals surface area contributed by atoms with E-state index < -0.39 is 5.82 Å². The van der Waals surface area contributed by atoms with E-state index in [1.54, 1.807) is 25.3 Å². The number of halogens is 1. The molecule has 0 aromatic heterocycles.